The van der Waals surface area contributed by atoms with Gasteiger partial charge in [-0.05, 0) is 56.6 Å². The van der Waals surface area contributed by atoms with E-state index in [0.29, 0.717) is 17.6 Å². The summed E-state index contributed by atoms with van der Waals surface area (Å²) in [5.74, 6) is 1.33. The van der Waals surface area contributed by atoms with Crippen LogP contribution in [0.2, 0.25) is 0 Å². The number of nitrogens with zero attached hydrogens (tertiary/aromatic N) is 2. The number of benzene rings is 1. The first-order chi connectivity index (χ1) is 9.24. The highest BCUT2D eigenvalue weighted by Gasteiger charge is 2.22. The number of nitrogens with one attached hydrogen (secondary N) is 1. The summed E-state index contributed by atoms with van der Waals surface area (Å²) < 4.78 is 18.4. The van der Waals surface area contributed by atoms with E-state index in [1.807, 2.05) is 6.92 Å². The fraction of sp³-hybridized carbons (Fsp3) is 0.429. The third-order valence-corrected chi connectivity index (χ3v) is 3.56. The van der Waals surface area contributed by atoms with Crippen molar-refractivity contribution in [3.8, 4) is 11.4 Å². The molecule has 2 heterocycles. The van der Waals surface area contributed by atoms with E-state index < -0.39 is 0 Å². The molecule has 100 valence electrons. The Bertz CT molecular complexity index is 576. The summed E-state index contributed by atoms with van der Waals surface area (Å²) in [6.45, 7) is 3.81. The van der Waals surface area contributed by atoms with Gasteiger partial charge in [0.25, 0.3) is 0 Å². The Kier molecular flexibility index (Phi) is 3.29. The summed E-state index contributed by atoms with van der Waals surface area (Å²) in [6, 6.07) is 4.60. The Morgan fingerprint density at radius 1 is 1.32 bits per heavy atom. The van der Waals surface area contributed by atoms with Gasteiger partial charge in [-0.3, -0.25) is 0 Å². The third kappa shape index (κ3) is 2.51. The van der Waals surface area contributed by atoms with Crippen LogP contribution in [0, 0.1) is 12.7 Å². The van der Waals surface area contributed by atoms with Crippen LogP contribution in [0.25, 0.3) is 11.4 Å². The summed E-state index contributed by atoms with van der Waals surface area (Å²) in [5, 5.41) is 7.33. The van der Waals surface area contributed by atoms with Crippen LogP contribution in [-0.2, 0) is 0 Å². The zero-order valence-corrected chi connectivity index (χ0v) is 10.8. The molecule has 1 N–H and O–H groups in total. The van der Waals surface area contributed by atoms with Crippen molar-refractivity contribution < 1.29 is 8.91 Å². The first-order valence-corrected chi connectivity index (χ1v) is 6.55. The Hall–Kier alpha value is -1.75. The predicted octanol–water partition coefficient (Wildman–Crippen LogP) is 2.65. The largest absolute Gasteiger partial charge is 0.339 e. The summed E-state index contributed by atoms with van der Waals surface area (Å²) in [5.41, 5.74) is 1.64. The number of piperidine rings is 1. The van der Waals surface area contributed by atoms with Crippen LogP contribution in [0.5, 0.6) is 0 Å². The zero-order chi connectivity index (χ0) is 13.2. The van der Waals surface area contributed by atoms with E-state index in [1.54, 1.807) is 6.07 Å². The Morgan fingerprint density at radius 2 is 2.11 bits per heavy atom. The van der Waals surface area contributed by atoms with Gasteiger partial charge in [-0.15, -0.1) is 0 Å². The van der Waals surface area contributed by atoms with E-state index >= 15 is 0 Å². The minimum Gasteiger partial charge on any atom is -0.339 e. The topological polar surface area (TPSA) is 51.0 Å². The molecule has 1 fully saturated rings. The fourth-order valence-corrected chi connectivity index (χ4v) is 2.46. The maximum Gasteiger partial charge on any atom is 0.230 e. The van der Waals surface area contributed by atoms with Gasteiger partial charge in [-0.1, -0.05) is 5.16 Å². The van der Waals surface area contributed by atoms with E-state index in [0.717, 1.165) is 37.1 Å². The van der Waals surface area contributed by atoms with Gasteiger partial charge in [0.2, 0.25) is 11.7 Å². The SMILES string of the molecule is Cc1cc(F)ccc1-c1noc(C2CCNCC2)n1. The minimum atomic E-state index is -0.247. The average Bonchev–Trinajstić information content (AvgIpc) is 2.89. The molecule has 3 rings (SSSR count). The molecule has 1 aromatic carbocycles. The minimum absolute atomic E-state index is 0.247. The van der Waals surface area contributed by atoms with Crippen LogP contribution in [0.15, 0.2) is 22.7 Å². The van der Waals surface area contributed by atoms with E-state index in [4.69, 9.17) is 4.52 Å². The molecular formula is C14H16FN3O. The quantitative estimate of drug-likeness (QED) is 0.903. The Morgan fingerprint density at radius 3 is 2.84 bits per heavy atom. The van der Waals surface area contributed by atoms with Crippen molar-refractivity contribution in [3.05, 3.63) is 35.5 Å². The Balaban J connectivity index is 1.87. The van der Waals surface area contributed by atoms with Gasteiger partial charge in [-0.2, -0.15) is 4.98 Å². The van der Waals surface area contributed by atoms with Crippen LogP contribution in [0.3, 0.4) is 0 Å². The number of hydrogen-bond donors (Lipinski definition) is 1. The van der Waals surface area contributed by atoms with Crippen molar-refractivity contribution in [1.82, 2.24) is 15.5 Å². The normalized spacial score (nSPS) is 16.7. The van der Waals surface area contributed by atoms with Crippen molar-refractivity contribution in [2.24, 2.45) is 0 Å². The summed E-state index contributed by atoms with van der Waals surface area (Å²) in [6.07, 6.45) is 2.04. The number of aromatic nitrogens is 2. The lowest BCUT2D eigenvalue weighted by atomic mass is 9.98. The van der Waals surface area contributed by atoms with Gasteiger partial charge < -0.3 is 9.84 Å². The standard InChI is InChI=1S/C14H16FN3O/c1-9-8-11(15)2-3-12(9)13-17-14(19-18-13)10-4-6-16-7-5-10/h2-3,8,10,16H,4-7H2,1H3. The molecule has 2 aromatic rings. The lowest BCUT2D eigenvalue weighted by Gasteiger charge is -2.18. The molecule has 0 spiro atoms. The first-order valence-electron chi connectivity index (χ1n) is 6.55. The third-order valence-electron chi connectivity index (χ3n) is 3.56. The van der Waals surface area contributed by atoms with Crippen LogP contribution < -0.4 is 5.32 Å². The summed E-state index contributed by atoms with van der Waals surface area (Å²) in [4.78, 5) is 4.47. The molecule has 0 bridgehead atoms. The van der Waals surface area contributed by atoms with E-state index in [-0.39, 0.29) is 5.82 Å². The zero-order valence-electron chi connectivity index (χ0n) is 10.8. The molecule has 5 heteroatoms. The van der Waals surface area contributed by atoms with Gasteiger partial charge in [0.05, 0.1) is 0 Å². The lowest BCUT2D eigenvalue weighted by molar-refractivity contribution is 0.320. The number of halogens is 1. The molecule has 1 aliphatic rings. The second kappa shape index (κ2) is 5.09. The molecule has 0 unspecified atom stereocenters. The van der Waals surface area contributed by atoms with E-state index in [2.05, 4.69) is 15.5 Å². The van der Waals surface area contributed by atoms with Crippen LogP contribution in [-0.4, -0.2) is 23.2 Å². The first kappa shape index (κ1) is 12.3. The predicted molar refractivity (Wildman–Crippen MR) is 69.3 cm³/mol. The highest BCUT2D eigenvalue weighted by atomic mass is 19.1. The van der Waals surface area contributed by atoms with Crippen molar-refractivity contribution in [2.45, 2.75) is 25.7 Å². The van der Waals surface area contributed by atoms with Gasteiger partial charge in [0, 0.05) is 11.5 Å². The molecule has 0 aliphatic carbocycles. The van der Waals surface area contributed by atoms with Crippen LogP contribution >= 0.6 is 0 Å². The summed E-state index contributed by atoms with van der Waals surface area (Å²) in [7, 11) is 0. The molecule has 19 heavy (non-hydrogen) atoms. The van der Waals surface area contributed by atoms with E-state index in [1.165, 1.54) is 12.1 Å². The van der Waals surface area contributed by atoms with Crippen LogP contribution in [0.1, 0.15) is 30.2 Å². The monoisotopic (exact) mass is 261 g/mol. The second-order valence-electron chi connectivity index (χ2n) is 4.94. The second-order valence-corrected chi connectivity index (χ2v) is 4.94. The van der Waals surface area contributed by atoms with Gasteiger partial charge in [0.15, 0.2) is 0 Å². The average molecular weight is 261 g/mol. The highest BCUT2D eigenvalue weighted by Crippen LogP contribution is 2.27. The molecule has 0 amide bonds. The molecule has 0 atom stereocenters. The van der Waals surface area contributed by atoms with Gasteiger partial charge in [0.1, 0.15) is 5.82 Å². The van der Waals surface area contributed by atoms with Gasteiger partial charge >= 0.3 is 0 Å². The number of aryl methyl sites for hydroxylation is 1. The maximum absolute atomic E-state index is 13.1. The fourth-order valence-electron chi connectivity index (χ4n) is 2.46. The molecule has 0 saturated carbocycles. The van der Waals surface area contributed by atoms with E-state index in [9.17, 15) is 4.39 Å². The molecule has 1 aliphatic heterocycles. The van der Waals surface area contributed by atoms with Crippen molar-refractivity contribution >= 4 is 0 Å². The van der Waals surface area contributed by atoms with Crippen molar-refractivity contribution in [2.75, 3.05) is 13.1 Å². The van der Waals surface area contributed by atoms with Gasteiger partial charge in [-0.25, -0.2) is 4.39 Å². The molecular weight excluding hydrogens is 245 g/mol. The number of hydrogen-bond acceptors (Lipinski definition) is 4. The molecule has 0 radical (unpaired) electrons. The summed E-state index contributed by atoms with van der Waals surface area (Å²) >= 11 is 0. The number of rotatable bonds is 2. The lowest BCUT2D eigenvalue weighted by Crippen LogP contribution is -2.26. The highest BCUT2D eigenvalue weighted by molar-refractivity contribution is 5.59. The molecule has 4 nitrogen and oxygen atoms in total. The molecule has 1 saturated heterocycles. The van der Waals surface area contributed by atoms with Crippen LogP contribution in [0.4, 0.5) is 4.39 Å². The Labute approximate surface area is 111 Å². The smallest absolute Gasteiger partial charge is 0.230 e. The maximum atomic E-state index is 13.1. The van der Waals surface area contributed by atoms with Crippen molar-refractivity contribution in [1.29, 1.82) is 0 Å². The van der Waals surface area contributed by atoms with Crippen molar-refractivity contribution in [3.63, 3.8) is 0 Å². The molecule has 1 aromatic heterocycles.